The molecule has 0 saturated carbocycles. The van der Waals surface area contributed by atoms with Crippen molar-refractivity contribution in [3.8, 4) is 0 Å². The molecule has 0 aliphatic heterocycles. The summed E-state index contributed by atoms with van der Waals surface area (Å²) in [5.74, 6) is 1.33. The van der Waals surface area contributed by atoms with E-state index in [0.29, 0.717) is 6.41 Å². The van der Waals surface area contributed by atoms with E-state index in [1.54, 1.807) is 0 Å². The molecule has 0 heterocycles. The van der Waals surface area contributed by atoms with E-state index >= 15 is 0 Å². The summed E-state index contributed by atoms with van der Waals surface area (Å²) in [4.78, 5) is 18.0. The van der Waals surface area contributed by atoms with Crippen molar-refractivity contribution < 1.29 is 37.8 Å². The summed E-state index contributed by atoms with van der Waals surface area (Å²) in [7, 11) is -3.91. The summed E-state index contributed by atoms with van der Waals surface area (Å²) >= 11 is 0. The molecule has 0 bridgehead atoms. The second kappa shape index (κ2) is 21.0. The molecule has 0 unspecified atom stereocenters. The number of nitrogens with zero attached hydrogens (tertiary/aromatic N) is 1. The molecule has 0 aromatic heterocycles. The number of ether oxygens (including phenoxy) is 2. The molecule has 5 rings (SSSR count). The minimum atomic E-state index is -3.91. The average molecular weight is 722 g/mol. The second-order valence-electron chi connectivity index (χ2n) is 12.0. The summed E-state index contributed by atoms with van der Waals surface area (Å²) in [6.45, 7) is 0.338. The average Bonchev–Trinajstić information content (AvgIpc) is 3.21. The third kappa shape index (κ3) is 13.1. The van der Waals surface area contributed by atoms with E-state index in [4.69, 9.17) is 23.4 Å². The van der Waals surface area contributed by atoms with Crippen LogP contribution < -0.4 is 0 Å². The monoisotopic (exact) mass is 721 g/mol. The van der Waals surface area contributed by atoms with Crippen LogP contribution in [0.25, 0.3) is 0 Å². The lowest BCUT2D eigenvalue weighted by atomic mass is 10.1. The van der Waals surface area contributed by atoms with Gasteiger partial charge in [-0.1, -0.05) is 152 Å². The van der Waals surface area contributed by atoms with Crippen molar-refractivity contribution in [1.82, 2.24) is 5.06 Å². The molecule has 0 fully saturated rings. The first-order valence-corrected chi connectivity index (χ1v) is 18.6. The number of rotatable bonds is 22. The Morgan fingerprint density at radius 2 is 0.942 bits per heavy atom. The molecular weight excluding hydrogens is 677 g/mol. The molecule has 5 aromatic carbocycles. The van der Waals surface area contributed by atoms with Crippen molar-refractivity contribution >= 4 is 14.0 Å². The van der Waals surface area contributed by atoms with Gasteiger partial charge in [-0.3, -0.25) is 14.2 Å². The van der Waals surface area contributed by atoms with Crippen LogP contribution in [0.2, 0.25) is 0 Å². The number of hydroxylamine groups is 2. The van der Waals surface area contributed by atoms with Gasteiger partial charge in [0, 0.05) is 5.82 Å². The first-order valence-electron chi connectivity index (χ1n) is 17.0. The lowest BCUT2D eigenvalue weighted by Crippen LogP contribution is -2.46. The maximum absolute atomic E-state index is 14.3. The van der Waals surface area contributed by atoms with Crippen molar-refractivity contribution in [3.63, 3.8) is 0 Å². The summed E-state index contributed by atoms with van der Waals surface area (Å²) < 4.78 is 38.8. The van der Waals surface area contributed by atoms with Crippen molar-refractivity contribution in [2.75, 3.05) is 6.54 Å². The number of benzene rings is 5. The third-order valence-electron chi connectivity index (χ3n) is 7.99. The molecule has 0 aliphatic rings. The molecule has 1 N–H and O–H groups in total. The Balaban J connectivity index is 1.40. The zero-order valence-corrected chi connectivity index (χ0v) is 29.7. The Bertz CT molecular complexity index is 1750. The normalized spacial score (nSPS) is 13.4. The minimum Gasteiger partial charge on any atom is -0.387 e. The molecular formula is C42H44NO8P. The van der Waals surface area contributed by atoms with Crippen LogP contribution in [0, 0.1) is 0 Å². The number of hydrogen-bond acceptors (Lipinski definition) is 8. The van der Waals surface area contributed by atoms with E-state index in [1.165, 1.54) is 11.9 Å². The first kappa shape index (κ1) is 38.5. The predicted octanol–water partition coefficient (Wildman–Crippen LogP) is 8.25. The van der Waals surface area contributed by atoms with E-state index in [0.717, 1.165) is 32.9 Å². The largest absolute Gasteiger partial charge is 0.387 e. The van der Waals surface area contributed by atoms with Crippen LogP contribution >= 0.6 is 7.60 Å². The molecule has 5 aromatic rings. The molecule has 0 aliphatic carbocycles. The van der Waals surface area contributed by atoms with Crippen LogP contribution in [0.4, 0.5) is 0 Å². The Labute approximate surface area is 305 Å². The summed E-state index contributed by atoms with van der Waals surface area (Å²) in [5.41, 5.74) is 4.23. The van der Waals surface area contributed by atoms with E-state index in [2.05, 4.69) is 0 Å². The summed E-state index contributed by atoms with van der Waals surface area (Å²) in [5, 5.41) is 13.1. The van der Waals surface area contributed by atoms with E-state index in [-0.39, 0.29) is 39.6 Å². The van der Waals surface area contributed by atoms with Gasteiger partial charge in [-0.25, -0.2) is 5.06 Å². The molecule has 10 heteroatoms. The Hall–Kier alpha value is -4.70. The molecule has 0 spiro atoms. The van der Waals surface area contributed by atoms with Crippen LogP contribution in [-0.2, 0) is 65.8 Å². The topological polar surface area (TPSA) is 104 Å². The molecule has 1 amide bonds. The van der Waals surface area contributed by atoms with Crippen LogP contribution in [0.5, 0.6) is 0 Å². The predicted molar refractivity (Wildman–Crippen MR) is 199 cm³/mol. The lowest BCUT2D eigenvalue weighted by molar-refractivity contribution is -0.199. The zero-order valence-electron chi connectivity index (χ0n) is 28.8. The van der Waals surface area contributed by atoms with E-state index < -0.39 is 25.9 Å². The van der Waals surface area contributed by atoms with Gasteiger partial charge in [-0.05, 0) is 33.9 Å². The highest BCUT2D eigenvalue weighted by Crippen LogP contribution is 2.51. The maximum Gasteiger partial charge on any atom is 0.354 e. The number of aliphatic hydroxyl groups excluding tert-OH is 1. The van der Waals surface area contributed by atoms with Crippen molar-refractivity contribution in [1.29, 1.82) is 0 Å². The number of hydrogen-bond donors (Lipinski definition) is 1. The highest BCUT2D eigenvalue weighted by molar-refractivity contribution is 7.57. The molecule has 3 atom stereocenters. The van der Waals surface area contributed by atoms with Crippen molar-refractivity contribution in [3.05, 3.63) is 191 Å². The van der Waals surface area contributed by atoms with Gasteiger partial charge in [0.1, 0.15) is 24.9 Å². The van der Waals surface area contributed by atoms with Gasteiger partial charge in [0.15, 0.2) is 0 Å². The number of carbonyl (C=O) groups is 1. The highest BCUT2D eigenvalue weighted by atomic mass is 31.2. The molecule has 0 radical (unpaired) electrons. The first-order chi connectivity index (χ1) is 25.5. The van der Waals surface area contributed by atoms with E-state index in [1.807, 2.05) is 152 Å². The van der Waals surface area contributed by atoms with Crippen LogP contribution in [0.15, 0.2) is 164 Å². The van der Waals surface area contributed by atoms with Gasteiger partial charge >= 0.3 is 7.60 Å². The second-order valence-corrected chi connectivity index (χ2v) is 13.8. The Morgan fingerprint density at radius 1 is 0.558 bits per heavy atom. The third-order valence-corrected chi connectivity index (χ3v) is 9.51. The Morgan fingerprint density at radius 3 is 1.37 bits per heavy atom. The van der Waals surface area contributed by atoms with Crippen molar-refractivity contribution in [2.24, 2.45) is 0 Å². The van der Waals surface area contributed by atoms with Gasteiger partial charge in [0.2, 0.25) is 6.41 Å². The molecule has 52 heavy (non-hydrogen) atoms. The van der Waals surface area contributed by atoms with Crippen LogP contribution in [0.1, 0.15) is 27.8 Å². The standard InChI is InChI=1S/C42H44NO8P/c44-34-43(49-31-37-20-10-3-11-21-37)28-41(48-30-36-18-8-2-9-19-36)42(45)40(47-29-35-16-6-1-7-17-35)26-27-52(46,50-32-38-22-12-4-13-23-38)51-33-39-24-14-5-15-25-39/h1-27,34,40-42,45H,28-33H2/b27-26+/t40-,41+,42-/m1/s1. The maximum atomic E-state index is 14.3. The lowest BCUT2D eigenvalue weighted by Gasteiger charge is -2.31. The summed E-state index contributed by atoms with van der Waals surface area (Å²) in [6, 6.07) is 47.1. The number of carbonyl (C=O) groups excluding carboxylic acids is 1. The van der Waals surface area contributed by atoms with Gasteiger partial charge in [-0.15, -0.1) is 0 Å². The van der Waals surface area contributed by atoms with Gasteiger partial charge in [0.25, 0.3) is 0 Å². The van der Waals surface area contributed by atoms with Crippen molar-refractivity contribution in [2.45, 2.75) is 51.3 Å². The fourth-order valence-corrected chi connectivity index (χ4v) is 6.39. The number of aliphatic hydroxyl groups is 1. The summed E-state index contributed by atoms with van der Waals surface area (Å²) in [6.07, 6.45) is -1.39. The van der Waals surface area contributed by atoms with Gasteiger partial charge in [-0.2, -0.15) is 0 Å². The van der Waals surface area contributed by atoms with Gasteiger partial charge < -0.3 is 23.6 Å². The number of amides is 1. The highest BCUT2D eigenvalue weighted by Gasteiger charge is 2.32. The molecule has 270 valence electrons. The van der Waals surface area contributed by atoms with Crippen LogP contribution in [0.3, 0.4) is 0 Å². The fraction of sp³-hybridized carbons (Fsp3) is 0.214. The smallest absolute Gasteiger partial charge is 0.354 e. The quantitative estimate of drug-likeness (QED) is 0.0433. The Kier molecular flexibility index (Phi) is 15.5. The minimum absolute atomic E-state index is 0.0329. The zero-order chi connectivity index (χ0) is 36.3. The SMILES string of the molecule is O=CN(C[C@H](OCc1ccccc1)[C@H](O)[C@@H](/C=C/P(=O)(OCc1ccccc1)OCc1ccccc1)OCc1ccccc1)OCc1ccccc1. The fourth-order valence-electron chi connectivity index (χ4n) is 5.11. The van der Waals surface area contributed by atoms with Crippen LogP contribution in [-0.4, -0.2) is 41.4 Å². The van der Waals surface area contributed by atoms with E-state index in [9.17, 15) is 14.5 Å². The van der Waals surface area contributed by atoms with Gasteiger partial charge in [0.05, 0.1) is 33.0 Å². The molecule has 0 saturated heterocycles. The molecule has 9 nitrogen and oxygen atoms in total.